The monoisotopic (exact) mass is 547 g/mol. The predicted molar refractivity (Wildman–Crippen MR) is 149 cm³/mol. The van der Waals surface area contributed by atoms with Crippen LogP contribution in [-0.2, 0) is 28.5 Å². The summed E-state index contributed by atoms with van der Waals surface area (Å²) in [4.78, 5) is 33.4. The van der Waals surface area contributed by atoms with E-state index < -0.39 is 0 Å². The van der Waals surface area contributed by atoms with Gasteiger partial charge in [0.1, 0.15) is 6.10 Å². The topological polar surface area (TPSA) is 80.1 Å². The van der Waals surface area contributed by atoms with Crippen molar-refractivity contribution in [1.29, 1.82) is 0 Å². The number of rotatable bonds is 3. The van der Waals surface area contributed by atoms with Crippen LogP contribution in [0.2, 0.25) is 0 Å². The Bertz CT molecular complexity index is 1240. The van der Waals surface area contributed by atoms with Gasteiger partial charge in [0.2, 0.25) is 0 Å². The maximum Gasteiger partial charge on any atom is 0.410 e. The maximum atomic E-state index is 13.6. The summed E-state index contributed by atoms with van der Waals surface area (Å²) < 4.78 is 13.0. The number of benzene rings is 1. The maximum absolute atomic E-state index is 13.6. The molecule has 9 nitrogen and oxygen atoms in total. The minimum absolute atomic E-state index is 0.0278. The summed E-state index contributed by atoms with van der Waals surface area (Å²) in [6.45, 7) is 6.62. The Hall–Kier alpha value is -2.91. The third-order valence-corrected chi connectivity index (χ3v) is 10.4. The van der Waals surface area contributed by atoms with Crippen molar-refractivity contribution in [2.24, 2.45) is 7.05 Å². The number of hydrogen-bond acceptors (Lipinski definition) is 6. The zero-order valence-electron chi connectivity index (χ0n) is 23.8. The Morgan fingerprint density at radius 2 is 1.80 bits per heavy atom. The Labute approximate surface area is 236 Å². The Balaban J connectivity index is 1.03. The molecule has 5 aliphatic heterocycles. The summed E-state index contributed by atoms with van der Waals surface area (Å²) in [5.41, 5.74) is 4.18. The molecule has 0 saturated carbocycles. The molecule has 2 bridgehead atoms. The van der Waals surface area contributed by atoms with E-state index in [1.165, 1.54) is 11.1 Å². The number of ether oxygens (including phenoxy) is 2. The summed E-state index contributed by atoms with van der Waals surface area (Å²) >= 11 is 0. The van der Waals surface area contributed by atoms with Crippen LogP contribution < -0.4 is 0 Å². The molecule has 4 fully saturated rings. The standard InChI is InChI=1S/C31H41N5O4/c1-21-15-28(32-33(21)2)29(37)35-18-22-5-3-4-6-27(22)31(20-35)10-12-34(13-11-31)25-16-23-7-8-24(17-25)36(23)30(38)40-26-9-14-39-19-26/h3-6,15,23-26H,7-14,16-20H2,1-2H3/t23?,24?,25?,26-/m1/s1. The van der Waals surface area contributed by atoms with E-state index in [1.807, 2.05) is 24.9 Å². The highest BCUT2D eigenvalue weighted by Crippen LogP contribution is 2.45. The van der Waals surface area contributed by atoms with Crippen LogP contribution >= 0.6 is 0 Å². The van der Waals surface area contributed by atoms with E-state index in [0.717, 1.165) is 70.3 Å². The number of hydrogen-bond donors (Lipinski definition) is 0. The highest BCUT2D eigenvalue weighted by molar-refractivity contribution is 5.92. The number of nitrogens with zero attached hydrogens (tertiary/aromatic N) is 5. The molecule has 4 saturated heterocycles. The molecule has 1 aromatic carbocycles. The van der Waals surface area contributed by atoms with Crippen molar-refractivity contribution in [3.05, 3.63) is 52.8 Å². The van der Waals surface area contributed by atoms with Gasteiger partial charge in [-0.2, -0.15) is 5.10 Å². The molecule has 1 aromatic heterocycles. The van der Waals surface area contributed by atoms with E-state index in [9.17, 15) is 9.59 Å². The second-order valence-corrected chi connectivity index (χ2v) is 12.7. The summed E-state index contributed by atoms with van der Waals surface area (Å²) in [7, 11) is 1.89. The van der Waals surface area contributed by atoms with Gasteiger partial charge in [0.15, 0.2) is 5.69 Å². The molecule has 2 unspecified atom stereocenters. The van der Waals surface area contributed by atoms with E-state index in [4.69, 9.17) is 9.47 Å². The molecule has 0 radical (unpaired) electrons. The average molecular weight is 548 g/mol. The largest absolute Gasteiger partial charge is 0.444 e. The smallest absolute Gasteiger partial charge is 0.410 e. The molecule has 6 heterocycles. The van der Waals surface area contributed by atoms with Crippen molar-refractivity contribution in [3.63, 3.8) is 0 Å². The van der Waals surface area contributed by atoms with Gasteiger partial charge in [-0.25, -0.2) is 4.79 Å². The fourth-order valence-electron chi connectivity index (χ4n) is 8.16. The van der Waals surface area contributed by atoms with E-state index in [0.29, 0.717) is 31.5 Å². The lowest BCUT2D eigenvalue weighted by atomic mass is 9.68. The molecular weight excluding hydrogens is 506 g/mol. The molecule has 1 spiro atoms. The Morgan fingerprint density at radius 3 is 2.48 bits per heavy atom. The van der Waals surface area contributed by atoms with Crippen molar-refractivity contribution in [2.45, 2.75) is 88.1 Å². The quantitative estimate of drug-likeness (QED) is 0.584. The van der Waals surface area contributed by atoms with E-state index >= 15 is 0 Å². The van der Waals surface area contributed by atoms with Crippen LogP contribution in [0.25, 0.3) is 0 Å². The molecule has 5 aliphatic rings. The van der Waals surface area contributed by atoms with Gasteiger partial charge < -0.3 is 24.2 Å². The first-order valence-corrected chi connectivity index (χ1v) is 15.1. The van der Waals surface area contributed by atoms with Gasteiger partial charge in [-0.05, 0) is 75.7 Å². The van der Waals surface area contributed by atoms with Gasteiger partial charge in [0.25, 0.3) is 5.91 Å². The van der Waals surface area contributed by atoms with Gasteiger partial charge in [-0.3, -0.25) is 9.48 Å². The van der Waals surface area contributed by atoms with Crippen molar-refractivity contribution >= 4 is 12.0 Å². The van der Waals surface area contributed by atoms with E-state index in [1.54, 1.807) is 4.68 Å². The minimum atomic E-state index is -0.134. The van der Waals surface area contributed by atoms with Crippen molar-refractivity contribution in [1.82, 2.24) is 24.5 Å². The number of carbonyl (C=O) groups is 2. The van der Waals surface area contributed by atoms with Gasteiger partial charge >= 0.3 is 6.09 Å². The lowest BCUT2D eigenvalue weighted by molar-refractivity contribution is 0.00544. The number of aryl methyl sites for hydroxylation is 2. The Morgan fingerprint density at radius 1 is 1.05 bits per heavy atom. The van der Waals surface area contributed by atoms with Crippen LogP contribution in [0, 0.1) is 6.92 Å². The van der Waals surface area contributed by atoms with Crippen LogP contribution in [0.4, 0.5) is 4.79 Å². The summed E-state index contributed by atoms with van der Waals surface area (Å²) in [6, 6.07) is 11.7. The van der Waals surface area contributed by atoms with Gasteiger partial charge in [0, 0.05) is 55.8 Å². The average Bonchev–Trinajstić information content (AvgIpc) is 3.66. The van der Waals surface area contributed by atoms with Gasteiger partial charge in [-0.15, -0.1) is 0 Å². The Kier molecular flexibility index (Phi) is 6.62. The fraction of sp³-hybridized carbons (Fsp3) is 0.645. The number of fused-ring (bicyclic) bond motifs is 4. The highest BCUT2D eigenvalue weighted by Gasteiger charge is 2.49. The van der Waals surface area contributed by atoms with Crippen molar-refractivity contribution < 1.29 is 19.1 Å². The lowest BCUT2D eigenvalue weighted by Crippen LogP contribution is -2.57. The molecule has 2 amide bonds. The number of piperidine rings is 2. The molecule has 214 valence electrons. The van der Waals surface area contributed by atoms with Crippen molar-refractivity contribution in [3.8, 4) is 0 Å². The van der Waals surface area contributed by atoms with Crippen LogP contribution in [0.1, 0.15) is 72.3 Å². The predicted octanol–water partition coefficient (Wildman–Crippen LogP) is 3.64. The molecule has 2 aromatic rings. The highest BCUT2D eigenvalue weighted by atomic mass is 16.6. The van der Waals surface area contributed by atoms with E-state index in [2.05, 4.69) is 39.2 Å². The first kappa shape index (κ1) is 26.0. The second kappa shape index (κ2) is 10.2. The third-order valence-electron chi connectivity index (χ3n) is 10.4. The van der Waals surface area contributed by atoms with Gasteiger partial charge in [-0.1, -0.05) is 24.3 Å². The lowest BCUT2D eigenvalue weighted by Gasteiger charge is -2.51. The number of likely N-dealkylation sites (tertiary alicyclic amines) is 1. The van der Waals surface area contributed by atoms with E-state index in [-0.39, 0.29) is 35.6 Å². The SMILES string of the molecule is Cc1cc(C(=O)N2Cc3ccccc3C3(CCN(C4CC5CCC(C4)N5C(=O)O[C@@H]4CCOC4)CC3)C2)nn1C. The molecule has 3 atom stereocenters. The molecule has 0 aliphatic carbocycles. The van der Waals surface area contributed by atoms with Crippen LogP contribution in [-0.4, -0.2) is 93.6 Å². The number of amides is 2. The zero-order chi connectivity index (χ0) is 27.4. The minimum Gasteiger partial charge on any atom is -0.444 e. The molecule has 0 N–H and O–H groups in total. The normalized spacial score (nSPS) is 29.6. The summed E-state index contributed by atoms with van der Waals surface area (Å²) in [5.74, 6) is 0.0278. The fourth-order valence-corrected chi connectivity index (χ4v) is 8.16. The van der Waals surface area contributed by atoms with Crippen LogP contribution in [0.15, 0.2) is 30.3 Å². The first-order valence-electron chi connectivity index (χ1n) is 15.1. The van der Waals surface area contributed by atoms with Crippen LogP contribution in [0.3, 0.4) is 0 Å². The van der Waals surface area contributed by atoms with Crippen molar-refractivity contribution in [2.75, 3.05) is 32.8 Å². The van der Waals surface area contributed by atoms with Crippen LogP contribution in [0.5, 0.6) is 0 Å². The molecule has 40 heavy (non-hydrogen) atoms. The second-order valence-electron chi connectivity index (χ2n) is 12.7. The molecular formula is C31H41N5O4. The number of carbonyl (C=O) groups excluding carboxylic acids is 2. The first-order chi connectivity index (χ1) is 19.4. The summed E-state index contributed by atoms with van der Waals surface area (Å²) in [6.07, 6.45) is 6.86. The number of aromatic nitrogens is 2. The third kappa shape index (κ3) is 4.51. The molecule has 7 rings (SSSR count). The van der Waals surface area contributed by atoms with Gasteiger partial charge in [0.05, 0.1) is 13.2 Å². The summed E-state index contributed by atoms with van der Waals surface area (Å²) in [5, 5.41) is 4.49. The zero-order valence-corrected chi connectivity index (χ0v) is 23.8. The molecule has 9 heteroatoms.